The van der Waals surface area contributed by atoms with Crippen molar-refractivity contribution < 1.29 is 96.8 Å². The summed E-state index contributed by atoms with van der Waals surface area (Å²) in [5, 5.41) is 59.6. The number of aromatic hydroxyl groups is 1. The van der Waals surface area contributed by atoms with E-state index < -0.39 is 235 Å². The van der Waals surface area contributed by atoms with Gasteiger partial charge in [-0.1, -0.05) is 74.5 Å². The number of rotatable bonds is 15. The van der Waals surface area contributed by atoms with Gasteiger partial charge in [-0.05, 0) is 106 Å². The van der Waals surface area contributed by atoms with Crippen LogP contribution in [-0.4, -0.2) is 306 Å². The summed E-state index contributed by atoms with van der Waals surface area (Å²) in [6.07, 6.45) is 3.93. The van der Waals surface area contributed by atoms with Gasteiger partial charge in [0.2, 0.25) is 100 Å². The van der Waals surface area contributed by atoms with Crippen LogP contribution in [-0.2, 0) is 101 Å². The molecule has 4 aliphatic heterocycles. The Labute approximate surface area is 718 Å². The van der Waals surface area contributed by atoms with Gasteiger partial charge < -0.3 is 120 Å². The van der Waals surface area contributed by atoms with Crippen molar-refractivity contribution in [2.75, 3.05) is 65.4 Å². The van der Waals surface area contributed by atoms with Crippen LogP contribution in [0, 0.1) is 5.92 Å². The standard InChI is InChI=1S/C83H112N20O20S/c1-43(2)29-56-82(122)103-39-50(106)33-66(103)78(118)92-55(31-47-36-87-53-19-14-12-17-51(47)53)73(113)97-61(40-104)75(115)95-58(32-48-37-88-54-20-15-13-18-52(48)54)80(120)101(7)65-22-11-9-8-10-21-63(100(6)83(65)123)76(116)90-44(3)70(110)98-62(72(112)89-38-68(86)108)41-124-42-69(109)91-57(30-46-24-26-49(105)27-25-46)79(119)99(5)45(4)71(111)93-59(34-67(85)107)81(121)102-28-16-23-64(102)77(117)96-60(35-84)74(114)94-56/h8-9,12-15,17-20,24-27,36-37,43-45,50,55-66,87-88,104-106H,10-11,16,21-23,28-35,38-42,84H2,1-7H3,(H2,85,107)(H2,86,108)(H,89,112)(H,90,116)(H,91,109)(H,92,118)(H,93,111)(H,94,114)(H,95,115)(H,96,117)(H,97,113)(H,98,110)/b9-8-/t44-,45+,50-,55-,56+,57+,58+,59+,60+,61+,62-,63-,64+,65+,66+/m1/s1. The fourth-order valence-corrected chi connectivity index (χ4v) is 16.3. The number of H-pyrrole nitrogens is 2. The molecule has 124 heavy (non-hydrogen) atoms. The Hall–Kier alpha value is -12.5. The number of primary amides is 2. The third-order valence-electron chi connectivity index (χ3n) is 22.4. The maximum atomic E-state index is 15.5. The predicted octanol–water partition coefficient (Wildman–Crippen LogP) is -4.43. The third kappa shape index (κ3) is 24.9. The first-order chi connectivity index (χ1) is 59.0. The minimum atomic E-state index is -1.87. The lowest BCUT2D eigenvalue weighted by Crippen LogP contribution is -2.62. The van der Waals surface area contributed by atoms with Crippen LogP contribution in [0.5, 0.6) is 5.75 Å². The van der Waals surface area contributed by atoms with Crippen LogP contribution in [0.2, 0.25) is 0 Å². The van der Waals surface area contributed by atoms with E-state index in [2.05, 4.69) is 63.1 Å². The number of aliphatic hydroxyl groups is 2. The summed E-state index contributed by atoms with van der Waals surface area (Å²) in [5.74, 6) is -17.4. The number of amides is 17. The zero-order valence-corrected chi connectivity index (χ0v) is 70.9. The average Bonchev–Trinajstić information content (AvgIpc) is 1.65. The number of carbonyl (C=O) groups is 17. The van der Waals surface area contributed by atoms with Gasteiger partial charge in [0.15, 0.2) is 0 Å². The molecule has 2 bridgehead atoms. The Morgan fingerprint density at radius 1 is 0.532 bits per heavy atom. The van der Waals surface area contributed by atoms with E-state index in [0.717, 1.165) is 36.3 Å². The molecule has 3 aromatic carbocycles. The van der Waals surface area contributed by atoms with Crippen LogP contribution in [0.3, 0.4) is 0 Å². The number of fused-ring (bicyclic) bond motifs is 7. The van der Waals surface area contributed by atoms with Gasteiger partial charge in [-0.2, -0.15) is 0 Å². The molecule has 41 heteroatoms. The Morgan fingerprint density at radius 2 is 1.06 bits per heavy atom. The molecule has 0 spiro atoms. The number of para-hydroxylation sites is 2. The Bertz CT molecular complexity index is 4810. The second-order valence-corrected chi connectivity index (χ2v) is 33.0. The van der Waals surface area contributed by atoms with Crippen molar-refractivity contribution in [3.05, 3.63) is 114 Å². The number of phenols is 1. The van der Waals surface area contributed by atoms with Gasteiger partial charge in [0.1, 0.15) is 90.3 Å². The van der Waals surface area contributed by atoms with Crippen LogP contribution in [0.15, 0.2) is 97.3 Å². The van der Waals surface area contributed by atoms with Crippen molar-refractivity contribution in [2.45, 2.75) is 195 Å². The number of nitrogens with two attached hydrogens (primary N) is 3. The molecular weight excluding hydrogens is 1630 g/mol. The number of carbonyl (C=O) groups excluding carboxylic acids is 17. The number of aliphatic hydroxyl groups excluding tert-OH is 2. The van der Waals surface area contributed by atoms with Crippen LogP contribution in [0.4, 0.5) is 0 Å². The minimum Gasteiger partial charge on any atom is -0.508 e. The Balaban J connectivity index is 1.05. The maximum Gasteiger partial charge on any atom is 0.246 e. The average molecular weight is 1740 g/mol. The first kappa shape index (κ1) is 95.3. The monoisotopic (exact) mass is 1740 g/mol. The summed E-state index contributed by atoms with van der Waals surface area (Å²) in [7, 11) is 3.88. The van der Waals surface area contributed by atoms with E-state index in [1.165, 1.54) is 59.3 Å². The molecule has 40 nitrogen and oxygen atoms in total. The molecule has 17 amide bonds. The molecule has 6 heterocycles. The van der Waals surface area contributed by atoms with Gasteiger partial charge in [-0.25, -0.2) is 0 Å². The maximum absolute atomic E-state index is 15.5. The number of hydrogen-bond acceptors (Lipinski definition) is 22. The summed E-state index contributed by atoms with van der Waals surface area (Å²) in [6, 6.07) is -1.85. The number of aromatic amines is 2. The van der Waals surface area contributed by atoms with Crippen LogP contribution >= 0.6 is 11.8 Å². The molecule has 3 saturated heterocycles. The van der Waals surface area contributed by atoms with Crippen molar-refractivity contribution in [3.63, 3.8) is 0 Å². The lowest BCUT2D eigenvalue weighted by atomic mass is 9.99. The molecule has 2 aromatic heterocycles. The van der Waals surface area contributed by atoms with E-state index in [-0.39, 0.29) is 88.8 Å². The number of benzene rings is 3. The molecule has 0 unspecified atom stereocenters. The van der Waals surface area contributed by atoms with Crippen molar-refractivity contribution in [3.8, 4) is 5.75 Å². The molecule has 9 rings (SSSR count). The van der Waals surface area contributed by atoms with Crippen molar-refractivity contribution in [1.29, 1.82) is 0 Å². The lowest BCUT2D eigenvalue weighted by Gasteiger charge is -2.36. The number of likely N-dealkylation sites (N-methyl/N-ethyl adjacent to an activating group) is 3. The van der Waals surface area contributed by atoms with Gasteiger partial charge in [-0.15, -0.1) is 11.8 Å². The molecule has 0 aliphatic carbocycles. The van der Waals surface area contributed by atoms with Gasteiger partial charge in [-0.3, -0.25) is 81.5 Å². The number of thioether (sulfide) groups is 1. The highest BCUT2D eigenvalue weighted by molar-refractivity contribution is 8.00. The van der Waals surface area contributed by atoms with Crippen molar-refractivity contribution in [1.82, 2.24) is 87.6 Å². The number of allylic oxidation sites excluding steroid dienone is 2. The summed E-state index contributed by atoms with van der Waals surface area (Å²) >= 11 is 0.777. The second-order valence-electron chi connectivity index (χ2n) is 32.0. The van der Waals surface area contributed by atoms with E-state index in [9.17, 15) is 72.9 Å². The van der Waals surface area contributed by atoms with Gasteiger partial charge >= 0.3 is 0 Å². The normalized spacial score (nSPS) is 26.8. The molecule has 3 fully saturated rings. The van der Waals surface area contributed by atoms with Gasteiger partial charge in [0, 0.05) is 106 Å². The van der Waals surface area contributed by atoms with Crippen LogP contribution in [0.1, 0.15) is 102 Å². The molecule has 0 radical (unpaired) electrons. The summed E-state index contributed by atoms with van der Waals surface area (Å²) < 4.78 is 0. The van der Waals surface area contributed by atoms with Crippen molar-refractivity contribution >= 4 is 134 Å². The number of aromatic nitrogens is 2. The molecule has 0 saturated carbocycles. The van der Waals surface area contributed by atoms with E-state index in [1.54, 1.807) is 86.9 Å². The highest BCUT2D eigenvalue weighted by Crippen LogP contribution is 2.28. The first-order valence-corrected chi connectivity index (χ1v) is 42.2. The fraction of sp³-hybridized carbons (Fsp3) is 0.506. The minimum absolute atomic E-state index is 0.00947. The smallest absolute Gasteiger partial charge is 0.246 e. The number of nitrogens with one attached hydrogen (secondary N) is 12. The van der Waals surface area contributed by atoms with Crippen molar-refractivity contribution in [2.24, 2.45) is 23.1 Å². The molecule has 5 aromatic rings. The fourth-order valence-electron chi connectivity index (χ4n) is 15.5. The molecule has 21 N–H and O–H groups in total. The van der Waals surface area contributed by atoms with Gasteiger partial charge in [0.25, 0.3) is 0 Å². The predicted molar refractivity (Wildman–Crippen MR) is 452 cm³/mol. The molecular formula is C83H112N20O20S. The Kier molecular flexibility index (Phi) is 33.8. The number of hydrogen-bond donors (Lipinski definition) is 18. The zero-order chi connectivity index (χ0) is 90.5. The quantitative estimate of drug-likeness (QED) is 0.0440. The summed E-state index contributed by atoms with van der Waals surface area (Å²) in [6.45, 7) is 3.09. The third-order valence-corrected chi connectivity index (χ3v) is 23.5. The van der Waals surface area contributed by atoms with E-state index in [1.807, 2.05) is 0 Å². The lowest BCUT2D eigenvalue weighted by molar-refractivity contribution is -0.149. The number of phenolic OH excluding ortho intramolecular Hbond substituents is 1. The Morgan fingerprint density at radius 3 is 1.67 bits per heavy atom. The molecule has 670 valence electrons. The molecule has 4 aliphatic rings. The van der Waals surface area contributed by atoms with Gasteiger partial charge in [0.05, 0.1) is 31.4 Å². The van der Waals surface area contributed by atoms with Crippen LogP contribution < -0.4 is 70.4 Å². The van der Waals surface area contributed by atoms with E-state index in [4.69, 9.17) is 17.2 Å². The highest BCUT2D eigenvalue weighted by atomic mass is 32.2. The zero-order valence-electron chi connectivity index (χ0n) is 70.1. The van der Waals surface area contributed by atoms with E-state index in [0.29, 0.717) is 38.5 Å². The largest absolute Gasteiger partial charge is 0.508 e. The first-order valence-electron chi connectivity index (χ1n) is 41.0. The number of nitrogens with zero attached hydrogens (tertiary/aromatic N) is 5. The van der Waals surface area contributed by atoms with Crippen LogP contribution in [0.25, 0.3) is 21.8 Å². The van der Waals surface area contributed by atoms with E-state index >= 15 is 24.0 Å². The summed E-state index contributed by atoms with van der Waals surface area (Å²) in [4.78, 5) is 256. The SMILES string of the molecule is CC(C)C[C@@H]1NC(=O)[C@H](CN)NC(=O)[C@@H]2CCCN2C(=O)[C@H](CC(N)=O)NC(=O)[C@H](C)N(C)C(=O)[C@H](Cc2ccc(O)cc2)NC(=O)CSC[C@H](C(=O)NCC(N)=O)NC(=O)[C@@H](C)NC(=O)[C@H]2CC/C=C\CC[C@@H](C(=O)N2C)N(C)C(=O)[C@H](Cc2c[nH]c3ccccc23)NC(=O)[C@H](CO)NC(=O)[C@@H](Cc2c[nH]c3ccccc23)NC(=O)[C@@H]2C[C@@H](O)CN2C1=O. The second kappa shape index (κ2) is 44.0. The summed E-state index contributed by atoms with van der Waals surface area (Å²) in [5.41, 5.74) is 19.9. The molecule has 15 atom stereocenters. The highest BCUT2D eigenvalue weighted by Gasteiger charge is 2.46. The topological polar surface area (TPSA) is 597 Å².